The van der Waals surface area contributed by atoms with E-state index in [4.69, 9.17) is 5.11 Å². The molecule has 0 saturated carbocycles. The normalized spacial score (nSPS) is 10.2. The average molecular weight is 255 g/mol. The van der Waals surface area contributed by atoms with Crippen LogP contribution in [0, 0.1) is 0 Å². The molecule has 0 saturated heterocycles. The number of para-hydroxylation sites is 1. The van der Waals surface area contributed by atoms with Gasteiger partial charge in [-0.05, 0) is 29.7 Å². The molecule has 0 atom stereocenters. The number of carboxylic acids is 1. The number of fused-ring (bicyclic) bond motifs is 1. The fourth-order valence-corrected chi connectivity index (χ4v) is 1.86. The molecule has 0 spiro atoms. The van der Waals surface area contributed by atoms with Crippen molar-refractivity contribution in [3.8, 4) is 11.1 Å². The van der Waals surface area contributed by atoms with Crippen molar-refractivity contribution < 1.29 is 9.90 Å². The summed E-state index contributed by atoms with van der Waals surface area (Å²) in [5.74, 6) is -0.801. The van der Waals surface area contributed by atoms with Gasteiger partial charge in [0.15, 0.2) is 0 Å². The summed E-state index contributed by atoms with van der Waals surface area (Å²) in [6.45, 7) is 2.79. The van der Waals surface area contributed by atoms with Gasteiger partial charge in [0, 0.05) is 12.2 Å². The summed E-state index contributed by atoms with van der Waals surface area (Å²) < 4.78 is 0. The number of nitrogens with one attached hydrogen (secondary N) is 1. The molecule has 1 aromatic rings. The largest absolute Gasteiger partial charge is 0.481 e. The van der Waals surface area contributed by atoms with Crippen molar-refractivity contribution >= 4 is 11.7 Å². The van der Waals surface area contributed by atoms with Gasteiger partial charge in [0.25, 0.3) is 0 Å². The molecular formula is C16H17NO2. The van der Waals surface area contributed by atoms with E-state index in [0.717, 1.165) is 17.8 Å². The number of carboxylic acid groups (broad SMARTS) is 1. The molecular weight excluding hydrogens is 238 g/mol. The summed E-state index contributed by atoms with van der Waals surface area (Å²) in [7, 11) is 0. The molecule has 19 heavy (non-hydrogen) atoms. The van der Waals surface area contributed by atoms with Gasteiger partial charge >= 0.3 is 5.97 Å². The highest BCUT2D eigenvalue weighted by Crippen LogP contribution is 2.29. The number of hydrogen-bond donors (Lipinski definition) is 2. The van der Waals surface area contributed by atoms with Crippen molar-refractivity contribution in [1.82, 2.24) is 0 Å². The predicted octanol–water partition coefficient (Wildman–Crippen LogP) is 3.41. The lowest BCUT2D eigenvalue weighted by Crippen LogP contribution is -2.05. The lowest BCUT2D eigenvalue weighted by atomic mass is 9.95. The lowest BCUT2D eigenvalue weighted by Gasteiger charge is -2.10. The third-order valence-electron chi connectivity index (χ3n) is 2.94. The average Bonchev–Trinajstić information content (AvgIpc) is 2.37. The van der Waals surface area contributed by atoms with Gasteiger partial charge in [-0.3, -0.25) is 4.79 Å². The topological polar surface area (TPSA) is 49.3 Å². The van der Waals surface area contributed by atoms with Crippen LogP contribution in [0.1, 0.15) is 12.5 Å². The fraction of sp³-hybridized carbons (Fsp3) is 0.188. The number of rotatable bonds is 4. The second kappa shape index (κ2) is 6.05. The quantitative estimate of drug-likeness (QED) is 0.751. The molecule has 98 valence electrons. The molecule has 3 nitrogen and oxygen atoms in total. The third kappa shape index (κ3) is 3.35. The minimum absolute atomic E-state index is 0.0726. The Kier molecular flexibility index (Phi) is 4.18. The van der Waals surface area contributed by atoms with E-state index in [2.05, 4.69) is 29.6 Å². The lowest BCUT2D eigenvalue weighted by molar-refractivity contribution is -0.136. The second-order valence-corrected chi connectivity index (χ2v) is 4.34. The summed E-state index contributed by atoms with van der Waals surface area (Å²) in [4.78, 5) is 10.5. The Balaban J connectivity index is 0.000000180. The number of anilines is 1. The molecule has 0 aromatic heterocycles. The van der Waals surface area contributed by atoms with E-state index < -0.39 is 5.97 Å². The third-order valence-corrected chi connectivity index (χ3v) is 2.94. The highest BCUT2D eigenvalue weighted by Gasteiger charge is 2.04. The summed E-state index contributed by atoms with van der Waals surface area (Å²) >= 11 is 0. The first kappa shape index (κ1) is 13.1. The first-order valence-corrected chi connectivity index (χ1v) is 6.34. The maximum Gasteiger partial charge on any atom is 0.307 e. The fourth-order valence-electron chi connectivity index (χ4n) is 1.86. The van der Waals surface area contributed by atoms with Crippen molar-refractivity contribution in [3.05, 3.63) is 54.1 Å². The van der Waals surface area contributed by atoms with Crippen LogP contribution in [0.2, 0.25) is 0 Å². The number of carbonyl (C=O) groups is 1. The Bertz CT molecular complexity index is 540. The van der Waals surface area contributed by atoms with Crippen LogP contribution in [0.4, 0.5) is 5.69 Å². The van der Waals surface area contributed by atoms with Crippen LogP contribution in [-0.4, -0.2) is 17.6 Å². The molecule has 2 aliphatic rings. The molecule has 3 rings (SSSR count). The van der Waals surface area contributed by atoms with Gasteiger partial charge in [-0.15, -0.1) is 0 Å². The molecule has 0 radical (unpaired) electrons. The molecule has 2 aliphatic carbocycles. The van der Waals surface area contributed by atoms with Gasteiger partial charge in [-0.2, -0.15) is 0 Å². The maximum absolute atomic E-state index is 10.5. The number of benzene rings is 2. The van der Waals surface area contributed by atoms with Gasteiger partial charge in [-0.1, -0.05) is 42.5 Å². The maximum atomic E-state index is 10.5. The SMILES string of the molecule is CCNc1ccccc1CC(=O)O.c1cc2ccc1-2. The van der Waals surface area contributed by atoms with E-state index in [9.17, 15) is 4.79 Å². The Hall–Kier alpha value is -2.29. The molecule has 0 amide bonds. The zero-order valence-electron chi connectivity index (χ0n) is 10.9. The van der Waals surface area contributed by atoms with Crippen LogP contribution in [0.25, 0.3) is 11.1 Å². The predicted molar refractivity (Wildman–Crippen MR) is 77.4 cm³/mol. The first-order valence-electron chi connectivity index (χ1n) is 6.34. The Morgan fingerprint density at radius 2 is 1.63 bits per heavy atom. The molecule has 3 heteroatoms. The van der Waals surface area contributed by atoms with Crippen LogP contribution >= 0.6 is 0 Å². The Morgan fingerprint density at radius 3 is 2.05 bits per heavy atom. The van der Waals surface area contributed by atoms with Gasteiger partial charge in [-0.25, -0.2) is 0 Å². The monoisotopic (exact) mass is 255 g/mol. The minimum Gasteiger partial charge on any atom is -0.481 e. The van der Waals surface area contributed by atoms with Gasteiger partial charge < -0.3 is 10.4 Å². The smallest absolute Gasteiger partial charge is 0.307 e. The van der Waals surface area contributed by atoms with Crippen LogP contribution in [0.5, 0.6) is 0 Å². The zero-order chi connectivity index (χ0) is 13.7. The van der Waals surface area contributed by atoms with Crippen LogP contribution in [0.15, 0.2) is 48.5 Å². The summed E-state index contributed by atoms with van der Waals surface area (Å²) in [6, 6.07) is 15.9. The van der Waals surface area contributed by atoms with E-state index in [1.165, 1.54) is 11.1 Å². The molecule has 0 heterocycles. The van der Waals surface area contributed by atoms with Crippen LogP contribution in [0.3, 0.4) is 0 Å². The molecule has 0 aliphatic heterocycles. The molecule has 1 aromatic carbocycles. The summed E-state index contributed by atoms with van der Waals surface area (Å²) in [6.07, 6.45) is 0.0726. The van der Waals surface area contributed by atoms with E-state index in [1.54, 1.807) is 0 Å². The molecule has 0 unspecified atom stereocenters. The van der Waals surface area contributed by atoms with E-state index in [0.29, 0.717) is 0 Å². The van der Waals surface area contributed by atoms with Crippen molar-refractivity contribution in [2.75, 3.05) is 11.9 Å². The van der Waals surface area contributed by atoms with Crippen molar-refractivity contribution in [2.24, 2.45) is 0 Å². The highest BCUT2D eigenvalue weighted by molar-refractivity contribution is 5.75. The first-order chi connectivity index (χ1) is 9.20. The van der Waals surface area contributed by atoms with Gasteiger partial charge in [0.2, 0.25) is 0 Å². The van der Waals surface area contributed by atoms with Crippen molar-refractivity contribution in [3.63, 3.8) is 0 Å². The van der Waals surface area contributed by atoms with E-state index in [1.807, 2.05) is 31.2 Å². The van der Waals surface area contributed by atoms with Gasteiger partial charge in [0.1, 0.15) is 0 Å². The molecule has 0 bridgehead atoms. The van der Waals surface area contributed by atoms with E-state index in [-0.39, 0.29) is 6.42 Å². The molecule has 2 N–H and O–H groups in total. The van der Waals surface area contributed by atoms with E-state index >= 15 is 0 Å². The second-order valence-electron chi connectivity index (χ2n) is 4.34. The number of aliphatic carboxylic acids is 1. The minimum atomic E-state index is -0.801. The van der Waals surface area contributed by atoms with Gasteiger partial charge in [0.05, 0.1) is 6.42 Å². The Morgan fingerprint density at radius 1 is 1.05 bits per heavy atom. The standard InChI is InChI=1S/C10H13NO2.C6H4/c1-2-11-9-6-4-3-5-8(9)7-10(12)13;1-2-6-4-3-5(1)6/h3-6,11H,2,7H2,1H3,(H,12,13);1-4H. The Labute approximate surface area is 112 Å². The number of hydrogen-bond acceptors (Lipinski definition) is 2. The highest BCUT2D eigenvalue weighted by atomic mass is 16.4. The summed E-state index contributed by atoms with van der Waals surface area (Å²) in [5, 5.41) is 11.7. The van der Waals surface area contributed by atoms with Crippen molar-refractivity contribution in [1.29, 1.82) is 0 Å². The summed E-state index contributed by atoms with van der Waals surface area (Å²) in [5.41, 5.74) is 4.59. The zero-order valence-corrected chi connectivity index (χ0v) is 10.9. The van der Waals surface area contributed by atoms with Crippen molar-refractivity contribution in [2.45, 2.75) is 13.3 Å². The molecule has 0 fully saturated rings. The van der Waals surface area contributed by atoms with Crippen LogP contribution in [-0.2, 0) is 11.2 Å². The van der Waals surface area contributed by atoms with Crippen LogP contribution < -0.4 is 5.32 Å².